The van der Waals surface area contributed by atoms with E-state index in [9.17, 15) is 13.2 Å². The number of sulfone groups is 1. The predicted molar refractivity (Wildman–Crippen MR) is 69.9 cm³/mol. The van der Waals surface area contributed by atoms with Gasteiger partial charge in [-0.2, -0.15) is 0 Å². The first-order chi connectivity index (χ1) is 8.24. The van der Waals surface area contributed by atoms with Gasteiger partial charge in [0, 0.05) is 0 Å². The summed E-state index contributed by atoms with van der Waals surface area (Å²) in [6.07, 6.45) is 0.510. The number of carbonyl (C=O) groups is 1. The van der Waals surface area contributed by atoms with Crippen LogP contribution in [0.1, 0.15) is 30.6 Å². The summed E-state index contributed by atoms with van der Waals surface area (Å²) in [5.74, 6) is -0.957. The smallest absolute Gasteiger partial charge is 0.335 e. The normalized spacial score (nSPS) is 11.8. The van der Waals surface area contributed by atoms with Crippen LogP contribution in [0.4, 0.5) is 0 Å². The number of benzene rings is 1. The van der Waals surface area contributed by atoms with E-state index < -0.39 is 15.8 Å². The average Bonchev–Trinajstić information content (AvgIpc) is 2.26. The minimum atomic E-state index is -3.54. The van der Waals surface area contributed by atoms with E-state index in [0.29, 0.717) is 6.42 Å². The zero-order chi connectivity index (χ0) is 13.9. The Morgan fingerprint density at radius 2 is 2.00 bits per heavy atom. The lowest BCUT2D eigenvalue weighted by atomic mass is 10.2. The molecule has 0 atom stereocenters. The SMILES string of the molecule is CC(C)CCS(=O)(=O)c1cc(C(=O)O)ccc1Cl. The fourth-order valence-electron chi connectivity index (χ4n) is 1.38. The van der Waals surface area contributed by atoms with Crippen molar-refractivity contribution in [3.63, 3.8) is 0 Å². The van der Waals surface area contributed by atoms with Crippen LogP contribution in [0.3, 0.4) is 0 Å². The Kier molecular flexibility index (Phi) is 4.76. The first kappa shape index (κ1) is 15.0. The van der Waals surface area contributed by atoms with Crippen molar-refractivity contribution in [2.75, 3.05) is 5.75 Å². The summed E-state index contributed by atoms with van der Waals surface area (Å²) >= 11 is 5.83. The van der Waals surface area contributed by atoms with E-state index in [2.05, 4.69) is 0 Å². The van der Waals surface area contributed by atoms with Crippen LogP contribution in [0.15, 0.2) is 23.1 Å². The number of carboxylic acids is 1. The second-order valence-electron chi connectivity index (χ2n) is 4.45. The molecule has 4 nitrogen and oxygen atoms in total. The Morgan fingerprint density at radius 3 is 2.50 bits per heavy atom. The second-order valence-corrected chi connectivity index (χ2v) is 6.94. The van der Waals surface area contributed by atoms with Gasteiger partial charge < -0.3 is 5.11 Å². The highest BCUT2D eigenvalue weighted by Crippen LogP contribution is 2.25. The monoisotopic (exact) mass is 290 g/mol. The standard InChI is InChI=1S/C12H15ClO4S/c1-8(2)5-6-18(16,17)11-7-9(12(14)15)3-4-10(11)13/h3-4,7-8H,5-6H2,1-2H3,(H,14,15). The molecule has 0 fully saturated rings. The first-order valence-electron chi connectivity index (χ1n) is 5.49. The average molecular weight is 291 g/mol. The Labute approximate surface area is 112 Å². The molecular weight excluding hydrogens is 276 g/mol. The molecule has 0 spiro atoms. The van der Waals surface area contributed by atoms with Crippen LogP contribution in [0, 0.1) is 5.92 Å². The highest BCUT2D eigenvalue weighted by atomic mass is 35.5. The summed E-state index contributed by atoms with van der Waals surface area (Å²) in [7, 11) is -3.54. The summed E-state index contributed by atoms with van der Waals surface area (Å²) in [4.78, 5) is 10.7. The fraction of sp³-hybridized carbons (Fsp3) is 0.417. The highest BCUT2D eigenvalue weighted by Gasteiger charge is 2.20. The number of aromatic carboxylic acids is 1. The molecule has 0 unspecified atom stereocenters. The summed E-state index contributed by atoms with van der Waals surface area (Å²) in [5, 5.41) is 8.91. The topological polar surface area (TPSA) is 71.4 Å². The molecule has 1 N–H and O–H groups in total. The third kappa shape index (κ3) is 3.71. The van der Waals surface area contributed by atoms with Crippen LogP contribution in [-0.2, 0) is 9.84 Å². The number of halogens is 1. The largest absolute Gasteiger partial charge is 0.478 e. The number of carboxylic acid groups (broad SMARTS) is 1. The minimum absolute atomic E-state index is 0.0343. The minimum Gasteiger partial charge on any atom is -0.478 e. The molecule has 0 heterocycles. The van der Waals surface area contributed by atoms with Crippen LogP contribution in [0.2, 0.25) is 5.02 Å². The lowest BCUT2D eigenvalue weighted by molar-refractivity contribution is 0.0696. The molecule has 0 saturated heterocycles. The molecule has 100 valence electrons. The van der Waals surface area contributed by atoms with Crippen molar-refractivity contribution in [2.24, 2.45) is 5.92 Å². The van der Waals surface area contributed by atoms with Crippen molar-refractivity contribution >= 4 is 27.4 Å². The van der Waals surface area contributed by atoms with E-state index >= 15 is 0 Å². The molecule has 0 amide bonds. The maximum atomic E-state index is 12.1. The fourth-order valence-corrected chi connectivity index (χ4v) is 3.52. The number of rotatable bonds is 5. The summed E-state index contributed by atoms with van der Waals surface area (Å²) in [5.41, 5.74) is -0.0810. The molecular formula is C12H15ClO4S. The summed E-state index contributed by atoms with van der Waals surface area (Å²) in [6.45, 7) is 3.84. The van der Waals surface area contributed by atoms with Crippen LogP contribution < -0.4 is 0 Å². The van der Waals surface area contributed by atoms with Gasteiger partial charge in [-0.1, -0.05) is 25.4 Å². The van der Waals surface area contributed by atoms with Gasteiger partial charge in [0.15, 0.2) is 9.84 Å². The molecule has 1 aromatic rings. The van der Waals surface area contributed by atoms with Crippen LogP contribution in [0.25, 0.3) is 0 Å². The van der Waals surface area contributed by atoms with Gasteiger partial charge in [0.1, 0.15) is 0 Å². The molecule has 0 radical (unpaired) electrons. The molecule has 18 heavy (non-hydrogen) atoms. The van der Waals surface area contributed by atoms with Gasteiger partial charge in [0.05, 0.1) is 21.2 Å². The number of hydrogen-bond donors (Lipinski definition) is 1. The quantitative estimate of drug-likeness (QED) is 0.905. The predicted octanol–water partition coefficient (Wildman–Crippen LogP) is 2.86. The summed E-state index contributed by atoms with van der Waals surface area (Å²) < 4.78 is 24.1. The van der Waals surface area contributed by atoms with E-state index in [-0.39, 0.29) is 27.2 Å². The van der Waals surface area contributed by atoms with E-state index in [1.165, 1.54) is 12.1 Å². The lowest BCUT2D eigenvalue weighted by Crippen LogP contribution is -2.11. The molecule has 0 aliphatic rings. The molecule has 1 aromatic carbocycles. The van der Waals surface area contributed by atoms with Gasteiger partial charge in [-0.25, -0.2) is 13.2 Å². The lowest BCUT2D eigenvalue weighted by Gasteiger charge is -2.09. The van der Waals surface area contributed by atoms with Gasteiger partial charge in [0.2, 0.25) is 0 Å². The molecule has 0 aliphatic heterocycles. The number of hydrogen-bond acceptors (Lipinski definition) is 3. The first-order valence-corrected chi connectivity index (χ1v) is 7.52. The third-order valence-electron chi connectivity index (χ3n) is 2.48. The van der Waals surface area contributed by atoms with E-state index in [0.717, 1.165) is 6.07 Å². The van der Waals surface area contributed by atoms with Crippen LogP contribution in [0.5, 0.6) is 0 Å². The van der Waals surface area contributed by atoms with Crippen molar-refractivity contribution < 1.29 is 18.3 Å². The molecule has 0 saturated carbocycles. The summed E-state index contributed by atoms with van der Waals surface area (Å²) in [6, 6.07) is 3.69. The highest BCUT2D eigenvalue weighted by molar-refractivity contribution is 7.91. The van der Waals surface area contributed by atoms with Crippen molar-refractivity contribution in [1.82, 2.24) is 0 Å². The van der Waals surface area contributed by atoms with Crippen molar-refractivity contribution in [3.05, 3.63) is 28.8 Å². The third-order valence-corrected chi connectivity index (χ3v) is 4.70. The van der Waals surface area contributed by atoms with Crippen molar-refractivity contribution in [1.29, 1.82) is 0 Å². The van der Waals surface area contributed by atoms with Crippen LogP contribution in [-0.4, -0.2) is 25.2 Å². The van der Waals surface area contributed by atoms with Crippen molar-refractivity contribution in [2.45, 2.75) is 25.2 Å². The maximum absolute atomic E-state index is 12.1. The van der Waals surface area contributed by atoms with Gasteiger partial charge in [-0.15, -0.1) is 0 Å². The molecule has 1 rings (SSSR count). The Hall–Kier alpha value is -1.07. The second kappa shape index (κ2) is 5.71. The van der Waals surface area contributed by atoms with Crippen LogP contribution >= 0.6 is 11.6 Å². The van der Waals surface area contributed by atoms with E-state index in [1.807, 2.05) is 13.8 Å². The van der Waals surface area contributed by atoms with Gasteiger partial charge >= 0.3 is 5.97 Å². The van der Waals surface area contributed by atoms with Gasteiger partial charge in [-0.3, -0.25) is 0 Å². The maximum Gasteiger partial charge on any atom is 0.335 e. The van der Waals surface area contributed by atoms with Gasteiger partial charge in [-0.05, 0) is 30.5 Å². The molecule has 6 heteroatoms. The van der Waals surface area contributed by atoms with E-state index in [1.54, 1.807) is 0 Å². The molecule has 0 bridgehead atoms. The van der Waals surface area contributed by atoms with E-state index in [4.69, 9.17) is 16.7 Å². The zero-order valence-corrected chi connectivity index (χ0v) is 11.8. The molecule has 0 aromatic heterocycles. The Morgan fingerprint density at radius 1 is 1.39 bits per heavy atom. The Balaban J connectivity index is 3.15. The van der Waals surface area contributed by atoms with Gasteiger partial charge in [0.25, 0.3) is 0 Å². The molecule has 0 aliphatic carbocycles. The Bertz CT molecular complexity index is 549. The zero-order valence-electron chi connectivity index (χ0n) is 10.2. The van der Waals surface area contributed by atoms with Crippen molar-refractivity contribution in [3.8, 4) is 0 Å².